The Hall–Kier alpha value is -2.73. The highest BCUT2D eigenvalue weighted by atomic mass is 35.5. The molecule has 1 saturated heterocycles. The normalized spacial score (nSPS) is 17.0. The third kappa shape index (κ3) is 3.52. The third-order valence-electron chi connectivity index (χ3n) is 4.94. The number of anilines is 1. The number of hydrogen-bond donors (Lipinski definition) is 0. The minimum absolute atomic E-state index is 0.00361. The summed E-state index contributed by atoms with van der Waals surface area (Å²) in [6.45, 7) is 4.72. The lowest BCUT2D eigenvalue weighted by atomic mass is 10.0. The standard InChI is InChI=1S/C21H19ClFN3O2/c1-12(2)13-4-3-5-16(8-13)26-11-15(10-19(26)27)21-24-20(25-28-21)14-6-7-18(23)17(22)9-14/h3-9,12,15H,10-11H2,1-2H3. The lowest BCUT2D eigenvalue weighted by molar-refractivity contribution is -0.117. The highest BCUT2D eigenvalue weighted by Gasteiger charge is 2.35. The number of carbonyl (C=O) groups is 1. The molecular weight excluding hydrogens is 381 g/mol. The molecule has 0 radical (unpaired) electrons. The van der Waals surface area contributed by atoms with Gasteiger partial charge >= 0.3 is 0 Å². The number of rotatable bonds is 4. The van der Waals surface area contributed by atoms with E-state index >= 15 is 0 Å². The van der Waals surface area contributed by atoms with Gasteiger partial charge in [-0.05, 0) is 41.8 Å². The smallest absolute Gasteiger partial charge is 0.232 e. The summed E-state index contributed by atoms with van der Waals surface area (Å²) in [6, 6.07) is 12.3. The van der Waals surface area contributed by atoms with Gasteiger partial charge in [0.25, 0.3) is 0 Å². The van der Waals surface area contributed by atoms with Crippen molar-refractivity contribution in [2.75, 3.05) is 11.4 Å². The van der Waals surface area contributed by atoms with Crippen LogP contribution in [-0.2, 0) is 4.79 Å². The quantitative estimate of drug-likeness (QED) is 0.607. The predicted molar refractivity (Wildman–Crippen MR) is 105 cm³/mol. The van der Waals surface area contributed by atoms with Crippen molar-refractivity contribution in [3.63, 3.8) is 0 Å². The van der Waals surface area contributed by atoms with Gasteiger partial charge in [0.2, 0.25) is 17.6 Å². The molecule has 5 nitrogen and oxygen atoms in total. The van der Waals surface area contributed by atoms with Crippen LogP contribution in [0, 0.1) is 5.82 Å². The summed E-state index contributed by atoms with van der Waals surface area (Å²) < 4.78 is 18.7. The number of benzene rings is 2. The Morgan fingerprint density at radius 2 is 2.07 bits per heavy atom. The van der Waals surface area contributed by atoms with Gasteiger partial charge in [0.05, 0.1) is 10.9 Å². The molecule has 0 bridgehead atoms. The lowest BCUT2D eigenvalue weighted by Crippen LogP contribution is -2.24. The van der Waals surface area contributed by atoms with Gasteiger partial charge in [-0.25, -0.2) is 4.39 Å². The Morgan fingerprint density at radius 3 is 2.82 bits per heavy atom. The molecule has 3 aromatic rings. The van der Waals surface area contributed by atoms with E-state index < -0.39 is 5.82 Å². The molecule has 1 amide bonds. The lowest BCUT2D eigenvalue weighted by Gasteiger charge is -2.18. The summed E-state index contributed by atoms with van der Waals surface area (Å²) in [4.78, 5) is 18.7. The topological polar surface area (TPSA) is 59.2 Å². The average molecular weight is 400 g/mol. The van der Waals surface area contributed by atoms with Crippen molar-refractivity contribution < 1.29 is 13.7 Å². The minimum Gasteiger partial charge on any atom is -0.339 e. The van der Waals surface area contributed by atoms with Gasteiger partial charge in [0.15, 0.2) is 0 Å². The molecular formula is C21H19ClFN3O2. The van der Waals surface area contributed by atoms with Crippen LogP contribution < -0.4 is 4.90 Å². The van der Waals surface area contributed by atoms with E-state index in [-0.39, 0.29) is 16.8 Å². The summed E-state index contributed by atoms with van der Waals surface area (Å²) in [6.07, 6.45) is 0.303. The van der Waals surface area contributed by atoms with Crippen molar-refractivity contribution in [3.8, 4) is 11.4 Å². The van der Waals surface area contributed by atoms with E-state index in [0.29, 0.717) is 36.2 Å². The molecule has 1 atom stereocenters. The van der Waals surface area contributed by atoms with Gasteiger partial charge in [-0.2, -0.15) is 4.98 Å². The van der Waals surface area contributed by atoms with Gasteiger partial charge in [0.1, 0.15) is 5.82 Å². The molecule has 2 heterocycles. The molecule has 4 rings (SSSR count). The van der Waals surface area contributed by atoms with E-state index in [1.54, 1.807) is 11.0 Å². The second kappa shape index (κ2) is 7.36. The molecule has 0 N–H and O–H groups in total. The zero-order chi connectivity index (χ0) is 19.8. The van der Waals surface area contributed by atoms with E-state index in [1.165, 1.54) is 17.7 Å². The fourth-order valence-electron chi connectivity index (χ4n) is 3.33. The highest BCUT2D eigenvalue weighted by molar-refractivity contribution is 6.31. The summed E-state index contributed by atoms with van der Waals surface area (Å²) in [5.74, 6) is 0.433. The van der Waals surface area contributed by atoms with Crippen LogP contribution in [0.2, 0.25) is 5.02 Å². The second-order valence-corrected chi connectivity index (χ2v) is 7.65. The molecule has 1 unspecified atom stereocenters. The van der Waals surface area contributed by atoms with Crippen LogP contribution in [0.1, 0.15) is 43.6 Å². The molecule has 0 aliphatic carbocycles. The number of aromatic nitrogens is 2. The SMILES string of the molecule is CC(C)c1cccc(N2CC(c3nc(-c4ccc(F)c(Cl)c4)no3)CC2=O)c1. The maximum absolute atomic E-state index is 13.4. The fourth-order valence-corrected chi connectivity index (χ4v) is 3.51. The number of hydrogen-bond acceptors (Lipinski definition) is 4. The van der Waals surface area contributed by atoms with Crippen molar-refractivity contribution in [3.05, 3.63) is 64.8 Å². The Kier molecular flexibility index (Phi) is 4.89. The minimum atomic E-state index is -0.505. The van der Waals surface area contributed by atoms with Crippen LogP contribution in [0.5, 0.6) is 0 Å². The summed E-state index contributed by atoms with van der Waals surface area (Å²) >= 11 is 5.83. The first-order valence-corrected chi connectivity index (χ1v) is 9.49. The predicted octanol–water partition coefficient (Wildman–Crippen LogP) is 5.17. The second-order valence-electron chi connectivity index (χ2n) is 7.24. The Bertz CT molecular complexity index is 1030. The van der Waals surface area contributed by atoms with Gasteiger partial charge in [-0.15, -0.1) is 0 Å². The van der Waals surface area contributed by atoms with E-state index in [1.807, 2.05) is 18.2 Å². The molecule has 0 saturated carbocycles. The molecule has 28 heavy (non-hydrogen) atoms. The first-order valence-electron chi connectivity index (χ1n) is 9.11. The van der Waals surface area contributed by atoms with Crippen LogP contribution in [0.4, 0.5) is 10.1 Å². The van der Waals surface area contributed by atoms with Crippen molar-refractivity contribution in [2.45, 2.75) is 32.1 Å². The molecule has 7 heteroatoms. The van der Waals surface area contributed by atoms with Crippen molar-refractivity contribution >= 4 is 23.2 Å². The molecule has 1 aromatic heterocycles. The maximum atomic E-state index is 13.4. The first kappa shape index (κ1) is 18.6. The van der Waals surface area contributed by atoms with E-state index in [0.717, 1.165) is 5.69 Å². The Balaban J connectivity index is 1.55. The van der Waals surface area contributed by atoms with E-state index in [9.17, 15) is 9.18 Å². The summed E-state index contributed by atoms with van der Waals surface area (Å²) in [5.41, 5.74) is 2.62. The van der Waals surface area contributed by atoms with Crippen LogP contribution in [-0.4, -0.2) is 22.6 Å². The van der Waals surface area contributed by atoms with E-state index in [4.69, 9.17) is 16.1 Å². The van der Waals surface area contributed by atoms with Crippen molar-refractivity contribution in [1.29, 1.82) is 0 Å². The molecule has 1 aliphatic heterocycles. The average Bonchev–Trinajstić information content (AvgIpc) is 3.31. The fraction of sp³-hybridized carbons (Fsp3) is 0.286. The molecule has 1 aliphatic rings. The maximum Gasteiger partial charge on any atom is 0.232 e. The molecule has 0 spiro atoms. The van der Waals surface area contributed by atoms with Gasteiger partial charge in [0, 0.05) is 24.2 Å². The van der Waals surface area contributed by atoms with Crippen LogP contribution in [0.15, 0.2) is 47.0 Å². The number of amides is 1. The zero-order valence-corrected chi connectivity index (χ0v) is 16.3. The Morgan fingerprint density at radius 1 is 1.25 bits per heavy atom. The number of halogens is 2. The van der Waals surface area contributed by atoms with Crippen LogP contribution in [0.3, 0.4) is 0 Å². The summed E-state index contributed by atoms with van der Waals surface area (Å²) in [7, 11) is 0. The number of nitrogens with zero attached hydrogens (tertiary/aromatic N) is 3. The zero-order valence-electron chi connectivity index (χ0n) is 15.5. The molecule has 144 valence electrons. The van der Waals surface area contributed by atoms with Crippen LogP contribution in [0.25, 0.3) is 11.4 Å². The van der Waals surface area contributed by atoms with Gasteiger partial charge in [-0.1, -0.05) is 42.7 Å². The molecule has 1 fully saturated rings. The van der Waals surface area contributed by atoms with Gasteiger partial charge in [-0.3, -0.25) is 4.79 Å². The monoisotopic (exact) mass is 399 g/mol. The van der Waals surface area contributed by atoms with Crippen LogP contribution >= 0.6 is 11.6 Å². The van der Waals surface area contributed by atoms with Crippen molar-refractivity contribution in [2.24, 2.45) is 0 Å². The molecule has 2 aromatic carbocycles. The first-order chi connectivity index (χ1) is 13.4. The number of carbonyl (C=O) groups excluding carboxylic acids is 1. The Labute approximate surface area is 167 Å². The third-order valence-corrected chi connectivity index (χ3v) is 5.23. The highest BCUT2D eigenvalue weighted by Crippen LogP contribution is 2.33. The summed E-state index contributed by atoms with van der Waals surface area (Å²) in [5, 5.41) is 3.96. The van der Waals surface area contributed by atoms with Crippen molar-refractivity contribution in [1.82, 2.24) is 10.1 Å². The largest absolute Gasteiger partial charge is 0.339 e. The van der Waals surface area contributed by atoms with E-state index in [2.05, 4.69) is 30.1 Å². The van der Waals surface area contributed by atoms with Gasteiger partial charge < -0.3 is 9.42 Å².